The van der Waals surface area contributed by atoms with Crippen molar-refractivity contribution in [2.45, 2.75) is 13.8 Å². The maximum Gasteiger partial charge on any atom is 0.0801 e. The first-order chi connectivity index (χ1) is 2.91. The molecule has 0 rings (SSSR count). The van der Waals surface area contributed by atoms with Crippen molar-refractivity contribution in [1.29, 1.82) is 0 Å². The van der Waals surface area contributed by atoms with Gasteiger partial charge in [-0.1, -0.05) is 6.26 Å². The molecule has 0 saturated carbocycles. The molecule has 7 heavy (non-hydrogen) atoms. The molecule has 0 aromatic heterocycles. The molecule has 0 aliphatic carbocycles. The van der Waals surface area contributed by atoms with Crippen LogP contribution in [-0.4, -0.2) is 6.61 Å². The fourth-order valence-corrected chi connectivity index (χ4v) is 0.167. The molecule has 0 saturated heterocycles. The zero-order valence-electron chi connectivity index (χ0n) is 4.60. The van der Waals surface area contributed by atoms with Crippen LogP contribution in [0.15, 0.2) is 6.26 Å². The average Bonchev–Trinajstić information content (AvgIpc) is 1.61. The molecule has 0 aromatic carbocycles. The Balaban J connectivity index is 0. The molecule has 0 aliphatic rings. The van der Waals surface area contributed by atoms with Gasteiger partial charge in [0.25, 0.3) is 0 Å². The third-order valence-corrected chi connectivity index (χ3v) is 0.368. The van der Waals surface area contributed by atoms with Crippen LogP contribution in [0, 0.1) is 6.08 Å². The third kappa shape index (κ3) is 10.7. The molecule has 0 amide bonds. The van der Waals surface area contributed by atoms with Gasteiger partial charge in [-0.2, -0.15) is 6.92 Å². The van der Waals surface area contributed by atoms with Gasteiger partial charge in [-0.25, -0.2) is 0 Å². The predicted molar refractivity (Wildman–Crippen MR) is 25.1 cm³/mol. The van der Waals surface area contributed by atoms with Crippen molar-refractivity contribution >= 4 is 0 Å². The van der Waals surface area contributed by atoms with Crippen LogP contribution in [0.5, 0.6) is 0 Å². The van der Waals surface area contributed by atoms with Gasteiger partial charge >= 0.3 is 0 Å². The van der Waals surface area contributed by atoms with Crippen LogP contribution in [-0.2, 0) is 25.8 Å². The first-order valence-corrected chi connectivity index (χ1v) is 2.02. The van der Waals surface area contributed by atoms with Crippen molar-refractivity contribution in [3.05, 3.63) is 12.3 Å². The van der Waals surface area contributed by atoms with E-state index in [1.807, 2.05) is 6.92 Å². The van der Waals surface area contributed by atoms with E-state index in [0.29, 0.717) is 0 Å². The van der Waals surface area contributed by atoms with Crippen molar-refractivity contribution in [1.82, 2.24) is 0 Å². The summed E-state index contributed by atoms with van der Waals surface area (Å²) in [6.07, 6.45) is 4.28. The quantitative estimate of drug-likeness (QED) is 0.543. The molecule has 0 aromatic rings. The molecule has 0 heterocycles. The minimum absolute atomic E-state index is 0. The first-order valence-electron chi connectivity index (χ1n) is 2.02. The normalized spacial score (nSPS) is 8.29. The molecule has 0 N–H and O–H groups in total. The Morgan fingerprint density at radius 1 is 1.71 bits per heavy atom. The van der Waals surface area contributed by atoms with E-state index in [-0.39, 0.29) is 21.1 Å². The zero-order chi connectivity index (χ0) is 4.83. The van der Waals surface area contributed by atoms with E-state index >= 15 is 0 Å². The van der Waals surface area contributed by atoms with Crippen LogP contribution in [0.4, 0.5) is 0 Å². The summed E-state index contributed by atoms with van der Waals surface area (Å²) in [6, 6.07) is 0. The van der Waals surface area contributed by atoms with E-state index in [1.165, 1.54) is 0 Å². The van der Waals surface area contributed by atoms with E-state index in [0.717, 1.165) is 6.61 Å². The van der Waals surface area contributed by atoms with Crippen LogP contribution in [0.1, 0.15) is 13.8 Å². The predicted octanol–water partition coefficient (Wildman–Crippen LogP) is 1.36. The summed E-state index contributed by atoms with van der Waals surface area (Å²) < 4.78 is 4.75. The molecule has 0 atom stereocenters. The Bertz CT molecular complexity index is 43.3. The molecular formula is C5H9OW-. The summed E-state index contributed by atoms with van der Waals surface area (Å²) in [4.78, 5) is 0. The second-order valence-corrected chi connectivity index (χ2v) is 0.862. The standard InChI is InChI=1S/C5H9O.W/c1-3-5-6-4-2;/h5H,4H2,1-2H3;/q-1;. The van der Waals surface area contributed by atoms with E-state index in [4.69, 9.17) is 4.74 Å². The van der Waals surface area contributed by atoms with Gasteiger partial charge in [-0.3, -0.25) is 0 Å². The van der Waals surface area contributed by atoms with Gasteiger partial charge in [0.1, 0.15) is 0 Å². The number of allylic oxidation sites excluding steroid dienone is 1. The summed E-state index contributed by atoms with van der Waals surface area (Å²) in [5, 5.41) is 0. The molecular weight excluding hydrogens is 260 g/mol. The molecule has 1 nitrogen and oxygen atoms in total. The van der Waals surface area contributed by atoms with E-state index < -0.39 is 0 Å². The Kier molecular flexibility index (Phi) is 14.0. The zero-order valence-corrected chi connectivity index (χ0v) is 7.53. The van der Waals surface area contributed by atoms with Gasteiger partial charge in [-0.15, -0.1) is 0 Å². The Labute approximate surface area is 59.0 Å². The van der Waals surface area contributed by atoms with Crippen molar-refractivity contribution in [2.24, 2.45) is 0 Å². The number of ether oxygens (including phenoxy) is 1. The fraction of sp³-hybridized carbons (Fsp3) is 0.600. The summed E-state index contributed by atoms with van der Waals surface area (Å²) >= 11 is 0. The minimum Gasteiger partial charge on any atom is -0.538 e. The maximum atomic E-state index is 4.75. The van der Waals surface area contributed by atoms with Crippen molar-refractivity contribution in [2.75, 3.05) is 6.61 Å². The number of rotatable bonds is 2. The summed E-state index contributed by atoms with van der Waals surface area (Å²) in [5.74, 6) is 0. The molecule has 0 bridgehead atoms. The van der Waals surface area contributed by atoms with E-state index in [1.54, 1.807) is 13.2 Å². The van der Waals surface area contributed by atoms with Gasteiger partial charge in [0.05, 0.1) is 6.61 Å². The molecule has 42 valence electrons. The largest absolute Gasteiger partial charge is 0.538 e. The molecule has 0 aliphatic heterocycles. The second-order valence-electron chi connectivity index (χ2n) is 0.862. The van der Waals surface area contributed by atoms with Crippen molar-refractivity contribution < 1.29 is 25.8 Å². The molecule has 0 fully saturated rings. The van der Waals surface area contributed by atoms with Gasteiger partial charge < -0.3 is 10.8 Å². The fourth-order valence-electron chi connectivity index (χ4n) is 0.167. The summed E-state index contributed by atoms with van der Waals surface area (Å²) in [6.45, 7) is 4.48. The van der Waals surface area contributed by atoms with Gasteiger partial charge in [-0.05, 0) is 6.92 Å². The SMILES string of the molecule is C[C-]=COCC.[W]. The van der Waals surface area contributed by atoms with Gasteiger partial charge in [0.2, 0.25) is 0 Å². The van der Waals surface area contributed by atoms with Gasteiger partial charge in [0.15, 0.2) is 0 Å². The Morgan fingerprint density at radius 2 is 2.29 bits per heavy atom. The molecule has 0 unspecified atom stereocenters. The smallest absolute Gasteiger partial charge is 0.0801 e. The Morgan fingerprint density at radius 3 is 2.43 bits per heavy atom. The van der Waals surface area contributed by atoms with Crippen LogP contribution in [0.25, 0.3) is 0 Å². The summed E-state index contributed by atoms with van der Waals surface area (Å²) in [7, 11) is 0. The third-order valence-electron chi connectivity index (χ3n) is 0.368. The van der Waals surface area contributed by atoms with Crippen LogP contribution in [0.2, 0.25) is 0 Å². The minimum atomic E-state index is 0. The molecule has 0 radical (unpaired) electrons. The number of hydrogen-bond acceptors (Lipinski definition) is 1. The Hall–Kier alpha value is 0.228. The maximum absolute atomic E-state index is 4.75. The first kappa shape index (κ1) is 10.3. The van der Waals surface area contributed by atoms with Crippen molar-refractivity contribution in [3.8, 4) is 0 Å². The second kappa shape index (κ2) is 9.52. The van der Waals surface area contributed by atoms with E-state index in [2.05, 4.69) is 6.08 Å². The topological polar surface area (TPSA) is 9.23 Å². The molecule has 0 spiro atoms. The summed E-state index contributed by atoms with van der Waals surface area (Å²) in [5.41, 5.74) is 0. The van der Waals surface area contributed by atoms with Crippen LogP contribution in [0.3, 0.4) is 0 Å². The van der Waals surface area contributed by atoms with Crippen molar-refractivity contribution in [3.63, 3.8) is 0 Å². The molecule has 2 heteroatoms. The average molecular weight is 269 g/mol. The number of hydrogen-bond donors (Lipinski definition) is 0. The monoisotopic (exact) mass is 269 g/mol. The van der Waals surface area contributed by atoms with E-state index in [9.17, 15) is 0 Å². The van der Waals surface area contributed by atoms with Gasteiger partial charge in [0, 0.05) is 21.1 Å². The van der Waals surface area contributed by atoms with Crippen LogP contribution >= 0.6 is 0 Å². The van der Waals surface area contributed by atoms with Crippen LogP contribution < -0.4 is 0 Å².